The van der Waals surface area contributed by atoms with Gasteiger partial charge in [0.05, 0.1) is 19.8 Å². The van der Waals surface area contributed by atoms with Crippen LogP contribution in [0.5, 0.6) is 0 Å². The van der Waals surface area contributed by atoms with Crippen LogP contribution in [0.3, 0.4) is 0 Å². The molecule has 2 heterocycles. The van der Waals surface area contributed by atoms with Crippen LogP contribution in [0.2, 0.25) is 0 Å². The van der Waals surface area contributed by atoms with Gasteiger partial charge in [-0.3, -0.25) is 9.69 Å². The van der Waals surface area contributed by atoms with E-state index >= 15 is 0 Å². The van der Waals surface area contributed by atoms with E-state index in [1.54, 1.807) is 0 Å². The first-order chi connectivity index (χ1) is 9.24. The van der Waals surface area contributed by atoms with Crippen molar-refractivity contribution in [2.45, 2.75) is 6.42 Å². The Bertz CT molecular complexity index is 486. The molecule has 1 aromatic rings. The molecule has 0 aliphatic carbocycles. The van der Waals surface area contributed by atoms with Crippen molar-refractivity contribution in [2.24, 2.45) is 0 Å². The standard InChI is InChI=1S/C14H17BrN2O2/c15-12-1-2-13-11(9-12)3-4-17(13)14(18)10-16-5-7-19-8-6-16/h1-2,9H,3-8,10H2. The van der Waals surface area contributed by atoms with Gasteiger partial charge in [-0.1, -0.05) is 15.9 Å². The number of carbonyl (C=O) groups is 1. The lowest BCUT2D eigenvalue weighted by Gasteiger charge is -2.28. The molecule has 4 nitrogen and oxygen atoms in total. The molecule has 102 valence electrons. The van der Waals surface area contributed by atoms with Gasteiger partial charge in [-0.25, -0.2) is 0 Å². The third-order valence-corrected chi connectivity index (χ3v) is 4.19. The zero-order valence-electron chi connectivity index (χ0n) is 10.8. The Balaban J connectivity index is 1.69. The van der Waals surface area contributed by atoms with Crippen molar-refractivity contribution < 1.29 is 9.53 Å². The van der Waals surface area contributed by atoms with E-state index in [1.165, 1.54) is 5.56 Å². The summed E-state index contributed by atoms with van der Waals surface area (Å²) in [5, 5.41) is 0. The highest BCUT2D eigenvalue weighted by Crippen LogP contribution is 2.30. The summed E-state index contributed by atoms with van der Waals surface area (Å²) in [6.07, 6.45) is 0.948. The maximum absolute atomic E-state index is 12.4. The molecule has 0 N–H and O–H groups in total. The largest absolute Gasteiger partial charge is 0.379 e. The molecule has 19 heavy (non-hydrogen) atoms. The number of hydrogen-bond donors (Lipinski definition) is 0. The number of ether oxygens (including phenoxy) is 1. The summed E-state index contributed by atoms with van der Waals surface area (Å²) in [6.45, 7) is 4.47. The van der Waals surface area contributed by atoms with Crippen LogP contribution in [0.15, 0.2) is 22.7 Å². The minimum Gasteiger partial charge on any atom is -0.379 e. The molecule has 2 aliphatic rings. The zero-order valence-corrected chi connectivity index (χ0v) is 12.4. The molecule has 1 aromatic carbocycles. The zero-order chi connectivity index (χ0) is 13.2. The molecule has 0 bridgehead atoms. The Morgan fingerprint density at radius 1 is 1.26 bits per heavy atom. The summed E-state index contributed by atoms with van der Waals surface area (Å²) in [7, 11) is 0. The lowest BCUT2D eigenvalue weighted by molar-refractivity contribution is -0.120. The molecule has 1 saturated heterocycles. The molecular weight excluding hydrogens is 308 g/mol. The van der Waals surface area contributed by atoms with Gasteiger partial charge >= 0.3 is 0 Å². The minimum absolute atomic E-state index is 0.197. The Kier molecular flexibility index (Phi) is 3.86. The van der Waals surface area contributed by atoms with Crippen LogP contribution in [0.1, 0.15) is 5.56 Å². The summed E-state index contributed by atoms with van der Waals surface area (Å²) in [4.78, 5) is 16.5. The van der Waals surface area contributed by atoms with E-state index in [0.717, 1.165) is 49.4 Å². The summed E-state index contributed by atoms with van der Waals surface area (Å²) in [5.41, 5.74) is 2.33. The van der Waals surface area contributed by atoms with Gasteiger partial charge in [-0.05, 0) is 30.2 Å². The normalized spacial score (nSPS) is 19.5. The number of hydrogen-bond acceptors (Lipinski definition) is 3. The smallest absolute Gasteiger partial charge is 0.241 e. The number of morpholine rings is 1. The Hall–Kier alpha value is -0.910. The molecular formula is C14H17BrN2O2. The van der Waals surface area contributed by atoms with Crippen molar-refractivity contribution in [2.75, 3.05) is 44.3 Å². The Labute approximate surface area is 121 Å². The number of fused-ring (bicyclic) bond motifs is 1. The van der Waals surface area contributed by atoms with Gasteiger partial charge < -0.3 is 9.64 Å². The minimum atomic E-state index is 0.197. The SMILES string of the molecule is O=C(CN1CCOCC1)N1CCc2cc(Br)ccc21. The molecule has 0 spiro atoms. The second-order valence-corrected chi connectivity index (χ2v) is 5.87. The fourth-order valence-corrected chi connectivity index (χ4v) is 3.07. The van der Waals surface area contributed by atoms with Gasteiger partial charge in [0.1, 0.15) is 0 Å². The van der Waals surface area contributed by atoms with Gasteiger partial charge in [0, 0.05) is 29.8 Å². The van der Waals surface area contributed by atoms with Gasteiger partial charge in [0.25, 0.3) is 0 Å². The number of carbonyl (C=O) groups excluding carboxylic acids is 1. The first-order valence-electron chi connectivity index (χ1n) is 6.63. The molecule has 0 atom stereocenters. The third kappa shape index (κ3) is 2.83. The summed E-state index contributed by atoms with van der Waals surface area (Å²) in [6, 6.07) is 6.14. The second-order valence-electron chi connectivity index (χ2n) is 4.96. The van der Waals surface area contributed by atoms with Gasteiger partial charge in [0.2, 0.25) is 5.91 Å². The van der Waals surface area contributed by atoms with E-state index in [0.29, 0.717) is 6.54 Å². The molecule has 0 radical (unpaired) electrons. The molecule has 1 amide bonds. The number of rotatable bonds is 2. The third-order valence-electron chi connectivity index (χ3n) is 3.70. The fourth-order valence-electron chi connectivity index (χ4n) is 2.67. The fraction of sp³-hybridized carbons (Fsp3) is 0.500. The van der Waals surface area contributed by atoms with Crippen LogP contribution in [0.25, 0.3) is 0 Å². The maximum Gasteiger partial charge on any atom is 0.241 e. The number of amides is 1. The van der Waals surface area contributed by atoms with Crippen molar-refractivity contribution in [3.05, 3.63) is 28.2 Å². The van der Waals surface area contributed by atoms with Crippen LogP contribution in [0, 0.1) is 0 Å². The van der Waals surface area contributed by atoms with E-state index in [9.17, 15) is 4.79 Å². The molecule has 3 rings (SSSR count). The first kappa shape index (κ1) is 13.1. The van der Waals surface area contributed by atoms with Crippen molar-refractivity contribution in [1.82, 2.24) is 4.90 Å². The maximum atomic E-state index is 12.4. The molecule has 0 unspecified atom stereocenters. The number of benzene rings is 1. The van der Waals surface area contributed by atoms with Crippen molar-refractivity contribution in [3.8, 4) is 0 Å². The topological polar surface area (TPSA) is 32.8 Å². The van der Waals surface area contributed by atoms with Gasteiger partial charge in [0.15, 0.2) is 0 Å². The lowest BCUT2D eigenvalue weighted by Crippen LogP contribution is -2.44. The number of nitrogens with zero attached hydrogens (tertiary/aromatic N) is 2. The molecule has 0 aromatic heterocycles. The highest BCUT2D eigenvalue weighted by atomic mass is 79.9. The van der Waals surface area contributed by atoms with Gasteiger partial charge in [-0.2, -0.15) is 0 Å². The quantitative estimate of drug-likeness (QED) is 0.829. The van der Waals surface area contributed by atoms with Crippen LogP contribution >= 0.6 is 15.9 Å². The average Bonchev–Trinajstić information content (AvgIpc) is 2.82. The van der Waals surface area contributed by atoms with Crippen molar-refractivity contribution in [3.63, 3.8) is 0 Å². The van der Waals surface area contributed by atoms with E-state index in [2.05, 4.69) is 26.9 Å². The van der Waals surface area contributed by atoms with E-state index in [1.807, 2.05) is 17.0 Å². The number of halogens is 1. The lowest BCUT2D eigenvalue weighted by atomic mass is 10.2. The summed E-state index contributed by atoms with van der Waals surface area (Å²) < 4.78 is 6.38. The molecule has 1 fully saturated rings. The molecule has 0 saturated carbocycles. The summed E-state index contributed by atoms with van der Waals surface area (Å²) in [5.74, 6) is 0.197. The van der Waals surface area contributed by atoms with E-state index in [4.69, 9.17) is 4.74 Å². The Morgan fingerprint density at radius 2 is 2.05 bits per heavy atom. The molecule has 5 heteroatoms. The van der Waals surface area contributed by atoms with E-state index < -0.39 is 0 Å². The predicted molar refractivity (Wildman–Crippen MR) is 77.5 cm³/mol. The van der Waals surface area contributed by atoms with Crippen LogP contribution < -0.4 is 4.90 Å². The highest BCUT2D eigenvalue weighted by molar-refractivity contribution is 9.10. The van der Waals surface area contributed by atoms with Crippen LogP contribution in [-0.2, 0) is 16.0 Å². The van der Waals surface area contributed by atoms with Crippen molar-refractivity contribution in [1.29, 1.82) is 0 Å². The van der Waals surface area contributed by atoms with Gasteiger partial charge in [-0.15, -0.1) is 0 Å². The Morgan fingerprint density at radius 3 is 2.84 bits per heavy atom. The highest BCUT2D eigenvalue weighted by Gasteiger charge is 2.26. The van der Waals surface area contributed by atoms with Crippen molar-refractivity contribution >= 4 is 27.5 Å². The van der Waals surface area contributed by atoms with Crippen LogP contribution in [0.4, 0.5) is 5.69 Å². The monoisotopic (exact) mass is 324 g/mol. The second kappa shape index (κ2) is 5.61. The first-order valence-corrected chi connectivity index (χ1v) is 7.42. The van der Waals surface area contributed by atoms with E-state index in [-0.39, 0.29) is 5.91 Å². The molecule has 2 aliphatic heterocycles. The average molecular weight is 325 g/mol. The predicted octanol–water partition coefficient (Wildman–Crippen LogP) is 1.67. The van der Waals surface area contributed by atoms with Crippen LogP contribution in [-0.4, -0.2) is 50.2 Å². The number of anilines is 1. The summed E-state index contributed by atoms with van der Waals surface area (Å²) >= 11 is 3.48.